The molecule has 2 aromatic rings. The smallest absolute Gasteiger partial charge is 0.359 e. The van der Waals surface area contributed by atoms with E-state index in [0.717, 1.165) is 0 Å². The first-order valence-electron chi connectivity index (χ1n) is 10.6. The first-order valence-corrected chi connectivity index (χ1v) is 10.6. The fourth-order valence-corrected chi connectivity index (χ4v) is 4.08. The van der Waals surface area contributed by atoms with Gasteiger partial charge >= 0.3 is 12.4 Å². The van der Waals surface area contributed by atoms with E-state index >= 15 is 0 Å². The molecule has 0 radical (unpaired) electrons. The van der Waals surface area contributed by atoms with Gasteiger partial charge in [0.15, 0.2) is 0 Å². The quantitative estimate of drug-likeness (QED) is 0.447. The lowest BCUT2D eigenvalue weighted by Crippen LogP contribution is -2.49. The van der Waals surface area contributed by atoms with Gasteiger partial charge in [0, 0.05) is 24.1 Å². The van der Waals surface area contributed by atoms with Crippen molar-refractivity contribution in [1.29, 1.82) is 0 Å². The Kier molecular flexibility index (Phi) is 6.58. The van der Waals surface area contributed by atoms with E-state index in [9.17, 15) is 35.9 Å². The number of nitrogens with zero attached hydrogens (tertiary/aromatic N) is 2. The largest absolute Gasteiger partial charge is 0.452 e. The van der Waals surface area contributed by atoms with Crippen LogP contribution in [-0.2, 0) is 22.2 Å². The van der Waals surface area contributed by atoms with Crippen LogP contribution in [0, 0.1) is 5.92 Å². The Hall–Kier alpha value is -3.42. The van der Waals surface area contributed by atoms with Crippen molar-refractivity contribution in [3.05, 3.63) is 35.5 Å². The second kappa shape index (κ2) is 9.32. The van der Waals surface area contributed by atoms with Gasteiger partial charge in [-0.1, -0.05) is 0 Å². The maximum absolute atomic E-state index is 13.6. The van der Waals surface area contributed by atoms with Gasteiger partial charge in [0.1, 0.15) is 11.4 Å². The molecule has 2 aliphatic rings. The summed E-state index contributed by atoms with van der Waals surface area (Å²) >= 11 is 0. The van der Waals surface area contributed by atoms with Gasteiger partial charge in [-0.05, 0) is 49.1 Å². The zero-order valence-electron chi connectivity index (χ0n) is 18.0. The van der Waals surface area contributed by atoms with Gasteiger partial charge in [0.05, 0.1) is 12.5 Å². The summed E-state index contributed by atoms with van der Waals surface area (Å²) in [5, 5.41) is 10.3. The first-order chi connectivity index (χ1) is 16.4. The van der Waals surface area contributed by atoms with Crippen molar-refractivity contribution in [2.45, 2.75) is 37.7 Å². The van der Waals surface area contributed by atoms with Crippen LogP contribution in [0.4, 0.5) is 49.5 Å². The van der Waals surface area contributed by atoms with E-state index in [1.54, 1.807) is 12.1 Å². The summed E-state index contributed by atoms with van der Waals surface area (Å²) in [6.45, 7) is 0.555. The number of rotatable bonds is 6. The van der Waals surface area contributed by atoms with Gasteiger partial charge in [0.2, 0.25) is 11.9 Å². The molecule has 14 heteroatoms. The van der Waals surface area contributed by atoms with Crippen molar-refractivity contribution in [2.75, 3.05) is 29.0 Å². The van der Waals surface area contributed by atoms with Crippen LogP contribution in [0.15, 0.2) is 24.4 Å². The van der Waals surface area contributed by atoms with Crippen LogP contribution in [0.1, 0.15) is 24.0 Å². The third kappa shape index (κ3) is 5.63. The number of nitrogens with one attached hydrogen (secondary N) is 4. The van der Waals surface area contributed by atoms with E-state index in [4.69, 9.17) is 0 Å². The van der Waals surface area contributed by atoms with Crippen molar-refractivity contribution >= 4 is 34.8 Å². The standard InChI is InChI=1S/C21H20F6N6O2/c22-20(23,24)13-9-29-19(30-12-3-4-14-11(6-12)7-15(34)31-14)33-18(13)32-16(17(35)21(25,26)27)10-2-1-5-28-8-10/h3-4,6,9-10,16,28H,1-2,5,7-8H2,(H,31,34)(H2,29,30,32,33). The van der Waals surface area contributed by atoms with E-state index < -0.39 is 41.5 Å². The molecule has 0 bridgehead atoms. The maximum atomic E-state index is 13.6. The van der Waals surface area contributed by atoms with E-state index in [-0.39, 0.29) is 31.2 Å². The van der Waals surface area contributed by atoms with Gasteiger partial charge in [-0.25, -0.2) is 4.98 Å². The highest BCUT2D eigenvalue weighted by molar-refractivity contribution is 5.99. The lowest BCUT2D eigenvalue weighted by molar-refractivity contribution is -0.173. The lowest BCUT2D eigenvalue weighted by atomic mass is 9.88. The average Bonchev–Trinajstić information content (AvgIpc) is 3.15. The van der Waals surface area contributed by atoms with Crippen molar-refractivity contribution in [1.82, 2.24) is 15.3 Å². The number of amides is 1. The number of carbonyl (C=O) groups excluding carboxylic acids is 2. The number of hydrogen-bond acceptors (Lipinski definition) is 7. The highest BCUT2D eigenvalue weighted by atomic mass is 19.4. The second-order valence-electron chi connectivity index (χ2n) is 8.27. The molecule has 2 unspecified atom stereocenters. The normalized spacial score (nSPS) is 19.0. The number of hydrogen-bond donors (Lipinski definition) is 4. The molecule has 1 amide bonds. The fraction of sp³-hybridized carbons (Fsp3) is 0.429. The zero-order chi connectivity index (χ0) is 25.4. The Morgan fingerprint density at radius 1 is 1.17 bits per heavy atom. The number of Topliss-reactive ketones (excluding diaryl/α,β-unsaturated/α-hetero) is 1. The maximum Gasteiger partial charge on any atom is 0.452 e. The van der Waals surface area contributed by atoms with Crippen molar-refractivity contribution in [3.8, 4) is 0 Å². The number of carbonyl (C=O) groups is 2. The van der Waals surface area contributed by atoms with Crippen LogP contribution in [0.25, 0.3) is 0 Å². The molecule has 4 N–H and O–H groups in total. The predicted octanol–water partition coefficient (Wildman–Crippen LogP) is 3.65. The number of halogens is 6. The Labute approximate surface area is 194 Å². The van der Waals surface area contributed by atoms with Gasteiger partial charge in [-0.15, -0.1) is 0 Å². The van der Waals surface area contributed by atoms with Crippen LogP contribution < -0.4 is 21.3 Å². The molecule has 1 fully saturated rings. The summed E-state index contributed by atoms with van der Waals surface area (Å²) in [5.41, 5.74) is 0.178. The third-order valence-corrected chi connectivity index (χ3v) is 5.74. The number of alkyl halides is 6. The number of anilines is 4. The minimum absolute atomic E-state index is 0.0267. The topological polar surface area (TPSA) is 108 Å². The summed E-state index contributed by atoms with van der Waals surface area (Å²) in [5.74, 6) is -4.57. The molecule has 35 heavy (non-hydrogen) atoms. The highest BCUT2D eigenvalue weighted by Crippen LogP contribution is 2.36. The summed E-state index contributed by atoms with van der Waals surface area (Å²) in [6, 6.07) is 2.72. The van der Waals surface area contributed by atoms with Crippen molar-refractivity contribution < 1.29 is 35.9 Å². The summed E-state index contributed by atoms with van der Waals surface area (Å²) in [4.78, 5) is 31.1. The van der Waals surface area contributed by atoms with Crippen LogP contribution in [-0.4, -0.2) is 47.0 Å². The van der Waals surface area contributed by atoms with Gasteiger partial charge < -0.3 is 21.3 Å². The van der Waals surface area contributed by atoms with Crippen LogP contribution in [0.2, 0.25) is 0 Å². The monoisotopic (exact) mass is 502 g/mol. The number of benzene rings is 1. The number of piperidine rings is 1. The minimum atomic E-state index is -5.25. The number of ketones is 1. The molecular formula is C21H20F6N6O2. The van der Waals surface area contributed by atoms with Crippen LogP contribution >= 0.6 is 0 Å². The molecule has 8 nitrogen and oxygen atoms in total. The zero-order valence-corrected chi connectivity index (χ0v) is 18.0. The molecule has 1 aromatic heterocycles. The molecule has 3 heterocycles. The average molecular weight is 502 g/mol. The molecule has 188 valence electrons. The molecule has 0 saturated carbocycles. The Balaban J connectivity index is 1.66. The molecule has 0 spiro atoms. The number of fused-ring (bicyclic) bond motifs is 1. The second-order valence-corrected chi connectivity index (χ2v) is 8.27. The Bertz CT molecular complexity index is 1130. The minimum Gasteiger partial charge on any atom is -0.359 e. The Morgan fingerprint density at radius 3 is 2.60 bits per heavy atom. The van der Waals surface area contributed by atoms with E-state index in [1.165, 1.54) is 6.07 Å². The third-order valence-electron chi connectivity index (χ3n) is 5.74. The van der Waals surface area contributed by atoms with Crippen molar-refractivity contribution in [2.24, 2.45) is 5.92 Å². The van der Waals surface area contributed by atoms with E-state index in [2.05, 4.69) is 31.2 Å². The van der Waals surface area contributed by atoms with Gasteiger partial charge in [0.25, 0.3) is 5.78 Å². The molecule has 1 saturated heterocycles. The summed E-state index contributed by atoms with van der Waals surface area (Å²) in [6.07, 6.45) is -9.01. The molecule has 1 aromatic carbocycles. The first kappa shape index (κ1) is 24.7. The van der Waals surface area contributed by atoms with E-state index in [0.29, 0.717) is 36.1 Å². The molecule has 2 aliphatic heterocycles. The van der Waals surface area contributed by atoms with Gasteiger partial charge in [-0.2, -0.15) is 31.3 Å². The van der Waals surface area contributed by atoms with Gasteiger partial charge in [-0.3, -0.25) is 9.59 Å². The lowest BCUT2D eigenvalue weighted by Gasteiger charge is -2.31. The SMILES string of the molecule is O=C1Cc2cc(Nc3ncc(C(F)(F)F)c(NC(C(=O)C(F)(F)F)C4CCCNC4)n3)ccc2N1. The highest BCUT2D eigenvalue weighted by Gasteiger charge is 2.47. The molecular weight excluding hydrogens is 482 g/mol. The summed E-state index contributed by atoms with van der Waals surface area (Å²) in [7, 11) is 0. The molecule has 0 aliphatic carbocycles. The van der Waals surface area contributed by atoms with Crippen molar-refractivity contribution in [3.63, 3.8) is 0 Å². The number of aromatic nitrogens is 2. The van der Waals surface area contributed by atoms with Crippen LogP contribution in [0.3, 0.4) is 0 Å². The predicted molar refractivity (Wildman–Crippen MR) is 113 cm³/mol. The molecule has 4 rings (SSSR count). The van der Waals surface area contributed by atoms with E-state index in [1.807, 2.05) is 0 Å². The summed E-state index contributed by atoms with van der Waals surface area (Å²) < 4.78 is 80.7. The fourth-order valence-electron chi connectivity index (χ4n) is 4.08. The molecule has 2 atom stereocenters. The van der Waals surface area contributed by atoms with Crippen LogP contribution in [0.5, 0.6) is 0 Å². The Morgan fingerprint density at radius 2 is 1.94 bits per heavy atom.